The number of carbonyl (C=O) groups excluding carboxylic acids is 1. The first-order chi connectivity index (χ1) is 7.11. The van der Waals surface area contributed by atoms with Crippen molar-refractivity contribution in [3.63, 3.8) is 0 Å². The summed E-state index contributed by atoms with van der Waals surface area (Å²) in [7, 11) is 0. The fourth-order valence-electron chi connectivity index (χ4n) is 2.85. The molecular formula is C14H18O. The Kier molecular flexibility index (Phi) is 2.64. The minimum Gasteiger partial charge on any atom is -0.300 e. The summed E-state index contributed by atoms with van der Waals surface area (Å²) in [4.78, 5) is 11.6. The van der Waals surface area contributed by atoms with Gasteiger partial charge in [0, 0.05) is 5.92 Å². The van der Waals surface area contributed by atoms with Gasteiger partial charge in [0.25, 0.3) is 0 Å². The Bertz CT molecular complexity index is 379. The van der Waals surface area contributed by atoms with Crippen LogP contribution in [0.3, 0.4) is 0 Å². The quantitative estimate of drug-likeness (QED) is 0.719. The molecule has 1 nitrogen and oxygen atoms in total. The Labute approximate surface area is 91.5 Å². The highest BCUT2D eigenvalue weighted by atomic mass is 16.1. The first kappa shape index (κ1) is 10.4. The third-order valence-corrected chi connectivity index (χ3v) is 3.53. The molecule has 0 aromatic heterocycles. The van der Waals surface area contributed by atoms with Crippen molar-refractivity contribution in [3.05, 3.63) is 35.4 Å². The van der Waals surface area contributed by atoms with Crippen LogP contribution in [-0.2, 0) is 11.2 Å². The van der Waals surface area contributed by atoms with Crippen LogP contribution in [0.2, 0.25) is 0 Å². The van der Waals surface area contributed by atoms with Crippen molar-refractivity contribution in [2.45, 2.75) is 33.1 Å². The molecule has 2 atom stereocenters. The zero-order valence-electron chi connectivity index (χ0n) is 9.66. The van der Waals surface area contributed by atoms with Gasteiger partial charge in [-0.05, 0) is 36.3 Å². The van der Waals surface area contributed by atoms with Crippen LogP contribution in [0.15, 0.2) is 24.3 Å². The summed E-state index contributed by atoms with van der Waals surface area (Å²) in [5.41, 5.74) is 2.77. The Morgan fingerprint density at radius 2 is 2.00 bits per heavy atom. The maximum absolute atomic E-state index is 11.6. The molecule has 0 N–H and O–H groups in total. The largest absolute Gasteiger partial charge is 0.300 e. The van der Waals surface area contributed by atoms with E-state index >= 15 is 0 Å². The summed E-state index contributed by atoms with van der Waals surface area (Å²) < 4.78 is 0. The lowest BCUT2D eigenvalue weighted by atomic mass is 9.81. The van der Waals surface area contributed by atoms with Crippen LogP contribution in [0, 0.1) is 11.8 Å². The van der Waals surface area contributed by atoms with Crippen molar-refractivity contribution < 1.29 is 4.79 Å². The molecule has 80 valence electrons. The molecule has 0 saturated carbocycles. The number of hydrogen-bond donors (Lipinski definition) is 0. The van der Waals surface area contributed by atoms with Gasteiger partial charge < -0.3 is 0 Å². The standard InChI is InChI=1S/C14H18O/c1-9(2)14-12-7-5-4-6-11(12)8-13(14)10(3)15/h4-7,9,13-14H,8H2,1-3H3/t13-,14-/m1/s1. The number of Topliss-reactive ketones (excluding diaryl/α,β-unsaturated/α-hetero) is 1. The van der Waals surface area contributed by atoms with Crippen LogP contribution in [0.5, 0.6) is 0 Å². The van der Waals surface area contributed by atoms with E-state index in [2.05, 4.69) is 38.1 Å². The van der Waals surface area contributed by atoms with Gasteiger partial charge in [-0.25, -0.2) is 0 Å². The summed E-state index contributed by atoms with van der Waals surface area (Å²) in [5, 5.41) is 0. The fourth-order valence-corrected chi connectivity index (χ4v) is 2.85. The highest BCUT2D eigenvalue weighted by molar-refractivity contribution is 5.81. The lowest BCUT2D eigenvalue weighted by molar-refractivity contribution is -0.121. The third kappa shape index (κ3) is 1.71. The minimum absolute atomic E-state index is 0.211. The predicted octanol–water partition coefficient (Wildman–Crippen LogP) is 3.19. The van der Waals surface area contributed by atoms with Gasteiger partial charge in [-0.3, -0.25) is 4.79 Å². The smallest absolute Gasteiger partial charge is 0.133 e. The summed E-state index contributed by atoms with van der Waals surface area (Å²) in [6.45, 7) is 6.15. The highest BCUT2D eigenvalue weighted by Gasteiger charge is 2.36. The number of rotatable bonds is 2. The first-order valence-corrected chi connectivity index (χ1v) is 5.69. The molecule has 0 spiro atoms. The second-order valence-electron chi connectivity index (χ2n) is 4.89. The van der Waals surface area contributed by atoms with Gasteiger partial charge in [0.1, 0.15) is 5.78 Å². The molecule has 0 unspecified atom stereocenters. The molecule has 0 radical (unpaired) electrons. The number of benzene rings is 1. The molecule has 0 bridgehead atoms. The Morgan fingerprint density at radius 3 is 2.60 bits per heavy atom. The van der Waals surface area contributed by atoms with E-state index in [1.807, 2.05) is 0 Å². The fraction of sp³-hybridized carbons (Fsp3) is 0.500. The highest BCUT2D eigenvalue weighted by Crippen LogP contribution is 2.42. The summed E-state index contributed by atoms with van der Waals surface area (Å²) >= 11 is 0. The van der Waals surface area contributed by atoms with Gasteiger partial charge in [-0.2, -0.15) is 0 Å². The SMILES string of the molecule is CC(=O)[C@H]1Cc2ccccc2[C@H]1C(C)C. The summed E-state index contributed by atoms with van der Waals surface area (Å²) in [6, 6.07) is 8.49. The molecule has 0 amide bonds. The van der Waals surface area contributed by atoms with Gasteiger partial charge in [-0.1, -0.05) is 38.1 Å². The Hall–Kier alpha value is -1.11. The second kappa shape index (κ2) is 3.80. The van der Waals surface area contributed by atoms with Crippen molar-refractivity contribution in [1.29, 1.82) is 0 Å². The van der Waals surface area contributed by atoms with E-state index in [4.69, 9.17) is 0 Å². The van der Waals surface area contributed by atoms with Crippen molar-refractivity contribution in [2.24, 2.45) is 11.8 Å². The molecule has 15 heavy (non-hydrogen) atoms. The van der Waals surface area contributed by atoms with E-state index in [-0.39, 0.29) is 5.92 Å². The third-order valence-electron chi connectivity index (χ3n) is 3.53. The van der Waals surface area contributed by atoms with Crippen LogP contribution < -0.4 is 0 Å². The number of hydrogen-bond acceptors (Lipinski definition) is 1. The van der Waals surface area contributed by atoms with Gasteiger partial charge in [-0.15, -0.1) is 0 Å². The van der Waals surface area contributed by atoms with Crippen LogP contribution in [0.4, 0.5) is 0 Å². The van der Waals surface area contributed by atoms with E-state index in [1.165, 1.54) is 11.1 Å². The maximum Gasteiger partial charge on any atom is 0.133 e. The molecular weight excluding hydrogens is 184 g/mol. The molecule has 1 aromatic carbocycles. The normalized spacial score (nSPS) is 24.3. The molecule has 0 heterocycles. The minimum atomic E-state index is 0.211. The molecule has 1 heteroatoms. The van der Waals surface area contributed by atoms with Gasteiger partial charge in [0.15, 0.2) is 0 Å². The zero-order valence-corrected chi connectivity index (χ0v) is 9.66. The predicted molar refractivity (Wildman–Crippen MR) is 61.9 cm³/mol. The molecule has 0 saturated heterocycles. The Balaban J connectivity index is 2.42. The number of ketones is 1. The maximum atomic E-state index is 11.6. The number of carbonyl (C=O) groups is 1. The summed E-state index contributed by atoms with van der Waals surface area (Å²) in [6.07, 6.45) is 0.939. The average Bonchev–Trinajstić information content (AvgIpc) is 2.56. The lowest BCUT2D eigenvalue weighted by Gasteiger charge is -2.22. The van der Waals surface area contributed by atoms with E-state index in [0.29, 0.717) is 17.6 Å². The Morgan fingerprint density at radius 1 is 1.33 bits per heavy atom. The zero-order chi connectivity index (χ0) is 11.0. The van der Waals surface area contributed by atoms with Crippen molar-refractivity contribution in [2.75, 3.05) is 0 Å². The van der Waals surface area contributed by atoms with Gasteiger partial charge >= 0.3 is 0 Å². The molecule has 0 aliphatic heterocycles. The molecule has 1 aliphatic rings. The van der Waals surface area contributed by atoms with Crippen LogP contribution in [0.25, 0.3) is 0 Å². The van der Waals surface area contributed by atoms with Gasteiger partial charge in [0.05, 0.1) is 0 Å². The lowest BCUT2D eigenvalue weighted by Crippen LogP contribution is -2.20. The van der Waals surface area contributed by atoms with Crippen LogP contribution in [-0.4, -0.2) is 5.78 Å². The first-order valence-electron chi connectivity index (χ1n) is 5.69. The van der Waals surface area contributed by atoms with E-state index < -0.39 is 0 Å². The van der Waals surface area contributed by atoms with Crippen molar-refractivity contribution in [3.8, 4) is 0 Å². The average molecular weight is 202 g/mol. The molecule has 2 rings (SSSR count). The molecule has 1 aliphatic carbocycles. The molecule has 1 aromatic rings. The van der Waals surface area contributed by atoms with Crippen LogP contribution >= 0.6 is 0 Å². The molecule has 0 fully saturated rings. The van der Waals surface area contributed by atoms with E-state index in [0.717, 1.165) is 6.42 Å². The van der Waals surface area contributed by atoms with E-state index in [9.17, 15) is 4.79 Å². The monoisotopic (exact) mass is 202 g/mol. The second-order valence-corrected chi connectivity index (χ2v) is 4.89. The van der Waals surface area contributed by atoms with Crippen molar-refractivity contribution >= 4 is 5.78 Å². The number of fused-ring (bicyclic) bond motifs is 1. The van der Waals surface area contributed by atoms with Crippen molar-refractivity contribution in [1.82, 2.24) is 0 Å². The van der Waals surface area contributed by atoms with Gasteiger partial charge in [0.2, 0.25) is 0 Å². The van der Waals surface area contributed by atoms with E-state index in [1.54, 1.807) is 6.92 Å². The summed E-state index contributed by atoms with van der Waals surface area (Å²) in [5.74, 6) is 1.52. The topological polar surface area (TPSA) is 17.1 Å². The van der Waals surface area contributed by atoms with Crippen LogP contribution in [0.1, 0.15) is 37.8 Å².